The van der Waals surface area contributed by atoms with Crippen LogP contribution in [0.4, 0.5) is 0 Å². The molecule has 1 aliphatic heterocycles. The number of rotatable bonds is 6. The third-order valence-corrected chi connectivity index (χ3v) is 4.35. The van der Waals surface area contributed by atoms with Crippen LogP contribution < -0.4 is 19.5 Å². The number of nitrogens with zero attached hydrogens (tertiary/aromatic N) is 1. The summed E-state index contributed by atoms with van der Waals surface area (Å²) in [4.78, 5) is 5.52. The highest BCUT2D eigenvalue weighted by molar-refractivity contribution is 7.09. The number of nitrogens with one attached hydrogen (secondary N) is 1. The zero-order valence-electron chi connectivity index (χ0n) is 12.1. The van der Waals surface area contributed by atoms with Gasteiger partial charge in [0.15, 0.2) is 11.5 Å². The van der Waals surface area contributed by atoms with E-state index in [4.69, 9.17) is 14.2 Å². The summed E-state index contributed by atoms with van der Waals surface area (Å²) in [5, 5.41) is 3.14. The van der Waals surface area contributed by atoms with E-state index in [0.717, 1.165) is 41.5 Å². The molecule has 0 atom stereocenters. The van der Waals surface area contributed by atoms with Gasteiger partial charge < -0.3 is 19.5 Å². The summed E-state index contributed by atoms with van der Waals surface area (Å²) in [6, 6.07) is 3.89. The highest BCUT2D eigenvalue weighted by atomic mass is 32.1. The first kappa shape index (κ1) is 14.2. The largest absolute Gasteiger partial charge is 0.493 e. The van der Waals surface area contributed by atoms with E-state index in [0.29, 0.717) is 6.61 Å². The molecule has 0 bridgehead atoms. The predicted molar refractivity (Wildman–Crippen MR) is 81.4 cm³/mol. The lowest BCUT2D eigenvalue weighted by atomic mass is 10.1. The normalized spacial score (nSPS) is 12.7. The summed E-state index contributed by atoms with van der Waals surface area (Å²) in [7, 11) is 1.91. The molecule has 0 radical (unpaired) electrons. The Labute approximate surface area is 127 Å². The highest BCUT2D eigenvalue weighted by Crippen LogP contribution is 2.38. The van der Waals surface area contributed by atoms with Crippen molar-refractivity contribution in [3.05, 3.63) is 33.8 Å². The van der Waals surface area contributed by atoms with E-state index in [1.807, 2.05) is 31.6 Å². The van der Waals surface area contributed by atoms with Crippen molar-refractivity contribution in [3.8, 4) is 17.2 Å². The topological polar surface area (TPSA) is 52.6 Å². The predicted octanol–water partition coefficient (Wildman–Crippen LogP) is 2.52. The van der Waals surface area contributed by atoms with E-state index < -0.39 is 0 Å². The van der Waals surface area contributed by atoms with E-state index in [9.17, 15) is 0 Å². The van der Waals surface area contributed by atoms with E-state index >= 15 is 0 Å². The molecular weight excluding hydrogens is 288 g/mol. The minimum Gasteiger partial charge on any atom is -0.493 e. The SMILES string of the molecule is CNCc1cc2c(cc1OCCc1scnc1C)OCO2. The number of thiazole rings is 1. The molecule has 0 amide bonds. The average molecular weight is 306 g/mol. The van der Waals surface area contributed by atoms with E-state index in [1.165, 1.54) is 4.88 Å². The molecule has 0 spiro atoms. The summed E-state index contributed by atoms with van der Waals surface area (Å²) in [6.07, 6.45) is 0.865. The van der Waals surface area contributed by atoms with Crippen LogP contribution in [-0.2, 0) is 13.0 Å². The standard InChI is InChI=1S/C15H18N2O3S/c1-10-15(21-8-17-10)3-4-18-12-6-14-13(19-9-20-14)5-11(12)7-16-2/h5-6,8,16H,3-4,7,9H2,1-2H3. The molecule has 1 N–H and O–H groups in total. The second kappa shape index (κ2) is 6.32. The first-order valence-corrected chi connectivity index (χ1v) is 7.75. The van der Waals surface area contributed by atoms with Gasteiger partial charge in [-0.2, -0.15) is 0 Å². The summed E-state index contributed by atoms with van der Waals surface area (Å²) in [5.74, 6) is 2.38. The number of benzene rings is 1. The van der Waals surface area contributed by atoms with Crippen LogP contribution in [0.1, 0.15) is 16.1 Å². The Bertz CT molecular complexity index is 627. The second-order valence-electron chi connectivity index (χ2n) is 4.80. The Morgan fingerprint density at radius 1 is 1.33 bits per heavy atom. The lowest BCUT2D eigenvalue weighted by Crippen LogP contribution is -2.09. The molecule has 2 aromatic rings. The quantitative estimate of drug-likeness (QED) is 0.889. The summed E-state index contributed by atoms with van der Waals surface area (Å²) >= 11 is 1.67. The molecule has 2 heterocycles. The van der Waals surface area contributed by atoms with Crippen molar-refractivity contribution in [2.45, 2.75) is 19.9 Å². The zero-order chi connectivity index (χ0) is 14.7. The van der Waals surface area contributed by atoms with Crippen molar-refractivity contribution in [2.75, 3.05) is 20.4 Å². The van der Waals surface area contributed by atoms with Gasteiger partial charge in [-0.1, -0.05) is 0 Å². The molecule has 21 heavy (non-hydrogen) atoms. The number of hydrogen-bond donors (Lipinski definition) is 1. The Kier molecular flexibility index (Phi) is 4.26. The molecule has 5 nitrogen and oxygen atoms in total. The highest BCUT2D eigenvalue weighted by Gasteiger charge is 2.17. The molecule has 1 aromatic carbocycles. The Balaban J connectivity index is 1.70. The lowest BCUT2D eigenvalue weighted by molar-refractivity contribution is 0.173. The van der Waals surface area contributed by atoms with Crippen LogP contribution in [0.5, 0.6) is 17.2 Å². The monoisotopic (exact) mass is 306 g/mol. The van der Waals surface area contributed by atoms with Crippen LogP contribution in [0.15, 0.2) is 17.6 Å². The number of aromatic nitrogens is 1. The van der Waals surface area contributed by atoms with Crippen LogP contribution in [0.2, 0.25) is 0 Å². The third kappa shape index (κ3) is 3.11. The van der Waals surface area contributed by atoms with Gasteiger partial charge in [-0.05, 0) is 20.0 Å². The maximum absolute atomic E-state index is 5.95. The Morgan fingerprint density at radius 3 is 2.86 bits per heavy atom. The van der Waals surface area contributed by atoms with Gasteiger partial charge in [-0.25, -0.2) is 4.98 Å². The molecule has 0 aliphatic carbocycles. The van der Waals surface area contributed by atoms with Crippen LogP contribution in [-0.4, -0.2) is 25.4 Å². The van der Waals surface area contributed by atoms with Gasteiger partial charge in [0.2, 0.25) is 6.79 Å². The molecule has 1 aromatic heterocycles. The van der Waals surface area contributed by atoms with Crippen molar-refractivity contribution in [3.63, 3.8) is 0 Å². The van der Waals surface area contributed by atoms with Crippen molar-refractivity contribution >= 4 is 11.3 Å². The fraction of sp³-hybridized carbons (Fsp3) is 0.400. The van der Waals surface area contributed by atoms with Gasteiger partial charge >= 0.3 is 0 Å². The van der Waals surface area contributed by atoms with Crippen molar-refractivity contribution in [2.24, 2.45) is 0 Å². The molecule has 1 aliphatic rings. The van der Waals surface area contributed by atoms with Gasteiger partial charge in [0.05, 0.1) is 17.8 Å². The van der Waals surface area contributed by atoms with Crippen LogP contribution in [0.3, 0.4) is 0 Å². The van der Waals surface area contributed by atoms with Gasteiger partial charge in [0.1, 0.15) is 5.75 Å². The fourth-order valence-electron chi connectivity index (χ4n) is 2.25. The first-order chi connectivity index (χ1) is 10.3. The van der Waals surface area contributed by atoms with Crippen LogP contribution in [0.25, 0.3) is 0 Å². The summed E-state index contributed by atoms with van der Waals surface area (Å²) < 4.78 is 16.8. The summed E-state index contributed by atoms with van der Waals surface area (Å²) in [5.41, 5.74) is 4.03. The summed E-state index contributed by atoms with van der Waals surface area (Å²) in [6.45, 7) is 3.65. The van der Waals surface area contributed by atoms with Crippen LogP contribution in [0, 0.1) is 6.92 Å². The van der Waals surface area contributed by atoms with Gasteiger partial charge in [-0.15, -0.1) is 11.3 Å². The number of hydrogen-bond acceptors (Lipinski definition) is 6. The Hall–Kier alpha value is -1.79. The smallest absolute Gasteiger partial charge is 0.231 e. The van der Waals surface area contributed by atoms with E-state index in [2.05, 4.69) is 10.3 Å². The van der Waals surface area contributed by atoms with E-state index in [1.54, 1.807) is 11.3 Å². The van der Waals surface area contributed by atoms with Crippen molar-refractivity contribution in [1.29, 1.82) is 0 Å². The molecule has 3 rings (SSSR count). The molecule has 112 valence electrons. The van der Waals surface area contributed by atoms with Gasteiger partial charge in [0.25, 0.3) is 0 Å². The third-order valence-electron chi connectivity index (χ3n) is 3.35. The number of aryl methyl sites for hydroxylation is 1. The second-order valence-corrected chi connectivity index (χ2v) is 5.74. The van der Waals surface area contributed by atoms with E-state index in [-0.39, 0.29) is 6.79 Å². The molecule has 0 saturated carbocycles. The van der Waals surface area contributed by atoms with Gasteiger partial charge in [0, 0.05) is 29.5 Å². The Morgan fingerprint density at radius 2 is 2.14 bits per heavy atom. The average Bonchev–Trinajstić information content (AvgIpc) is 3.08. The molecule has 0 fully saturated rings. The zero-order valence-corrected chi connectivity index (χ0v) is 13.0. The maximum Gasteiger partial charge on any atom is 0.231 e. The van der Waals surface area contributed by atoms with Gasteiger partial charge in [-0.3, -0.25) is 0 Å². The van der Waals surface area contributed by atoms with Crippen molar-refractivity contribution in [1.82, 2.24) is 10.3 Å². The first-order valence-electron chi connectivity index (χ1n) is 6.87. The number of fused-ring (bicyclic) bond motifs is 1. The molecule has 6 heteroatoms. The minimum absolute atomic E-state index is 0.276. The minimum atomic E-state index is 0.276. The molecular formula is C15H18N2O3S. The van der Waals surface area contributed by atoms with Crippen LogP contribution >= 0.6 is 11.3 Å². The van der Waals surface area contributed by atoms with Crippen molar-refractivity contribution < 1.29 is 14.2 Å². The fourth-order valence-corrected chi connectivity index (χ4v) is 3.01. The molecule has 0 unspecified atom stereocenters. The maximum atomic E-state index is 5.95. The number of ether oxygens (including phenoxy) is 3. The molecule has 0 saturated heterocycles. The lowest BCUT2D eigenvalue weighted by Gasteiger charge is -2.12.